The lowest BCUT2D eigenvalue weighted by atomic mass is 10.2. The van der Waals surface area contributed by atoms with Gasteiger partial charge in [-0.2, -0.15) is 0 Å². The number of rotatable bonds is 1. The van der Waals surface area contributed by atoms with Crippen LogP contribution in [0.25, 0.3) is 10.9 Å². The van der Waals surface area contributed by atoms with Crippen molar-refractivity contribution in [2.24, 2.45) is 0 Å². The van der Waals surface area contributed by atoms with E-state index in [0.717, 1.165) is 6.54 Å². The Balaban J connectivity index is 2.82. The van der Waals surface area contributed by atoms with E-state index >= 15 is 0 Å². The van der Waals surface area contributed by atoms with E-state index in [2.05, 4.69) is 35.7 Å². The van der Waals surface area contributed by atoms with E-state index < -0.39 is 0 Å². The second-order valence-electron chi connectivity index (χ2n) is 2.99. The van der Waals surface area contributed by atoms with Gasteiger partial charge in [0.1, 0.15) is 0 Å². The van der Waals surface area contributed by atoms with Gasteiger partial charge in [-0.15, -0.1) is 0 Å². The molecule has 2 heteroatoms. The molecule has 0 bridgehead atoms. The van der Waals surface area contributed by atoms with E-state index in [1.165, 1.54) is 16.5 Å². The Kier molecular flexibility index (Phi) is 1.61. The molecule has 0 unspecified atom stereocenters. The highest BCUT2D eigenvalue weighted by atomic mass is 15.0. The van der Waals surface area contributed by atoms with Crippen molar-refractivity contribution >= 4 is 10.9 Å². The number of fused-ring (bicyclic) bond motifs is 1. The van der Waals surface area contributed by atoms with Gasteiger partial charge in [0.15, 0.2) is 0 Å². The molecule has 12 heavy (non-hydrogen) atoms. The predicted molar refractivity (Wildman–Crippen MR) is 50.1 cm³/mol. The lowest BCUT2D eigenvalue weighted by molar-refractivity contribution is 0.794. The molecule has 0 aromatic carbocycles. The lowest BCUT2D eigenvalue weighted by Crippen LogP contribution is -1.90. The fraction of sp³-hybridized carbons (Fsp3) is 0.300. The van der Waals surface area contributed by atoms with Crippen molar-refractivity contribution in [3.63, 3.8) is 0 Å². The van der Waals surface area contributed by atoms with Crippen LogP contribution < -0.4 is 0 Å². The number of aryl methyl sites for hydroxylation is 2. The van der Waals surface area contributed by atoms with Gasteiger partial charge in [0, 0.05) is 24.3 Å². The molecule has 2 heterocycles. The standard InChI is InChI=1S/C10H12N2/c1-3-12-7-8(2)9-4-5-11-6-10(9)12/h4-7H,3H2,1-2H3. The summed E-state index contributed by atoms with van der Waals surface area (Å²) in [7, 11) is 0. The molecule has 62 valence electrons. The molecule has 0 saturated carbocycles. The van der Waals surface area contributed by atoms with Crippen LogP contribution >= 0.6 is 0 Å². The van der Waals surface area contributed by atoms with E-state index in [4.69, 9.17) is 0 Å². The van der Waals surface area contributed by atoms with E-state index in [9.17, 15) is 0 Å². The highest BCUT2D eigenvalue weighted by Gasteiger charge is 2.01. The molecule has 0 aliphatic rings. The largest absolute Gasteiger partial charge is 0.346 e. The smallest absolute Gasteiger partial charge is 0.0669 e. The first kappa shape index (κ1) is 7.35. The zero-order valence-corrected chi connectivity index (χ0v) is 7.41. The Bertz CT molecular complexity index is 401. The summed E-state index contributed by atoms with van der Waals surface area (Å²) in [6.45, 7) is 5.29. The quantitative estimate of drug-likeness (QED) is 0.626. The SMILES string of the molecule is CCn1cc(C)c2ccncc21. The van der Waals surface area contributed by atoms with Crippen LogP contribution in [0.5, 0.6) is 0 Å². The van der Waals surface area contributed by atoms with Crippen LogP contribution in [0.4, 0.5) is 0 Å². The van der Waals surface area contributed by atoms with Crippen molar-refractivity contribution in [2.75, 3.05) is 0 Å². The van der Waals surface area contributed by atoms with Crippen molar-refractivity contribution in [3.05, 3.63) is 30.2 Å². The Labute approximate surface area is 71.8 Å². The van der Waals surface area contributed by atoms with Crippen LogP contribution in [-0.2, 0) is 6.54 Å². The summed E-state index contributed by atoms with van der Waals surface area (Å²) in [6, 6.07) is 2.07. The van der Waals surface area contributed by atoms with Crippen molar-refractivity contribution in [1.82, 2.24) is 9.55 Å². The molecule has 2 nitrogen and oxygen atoms in total. The number of pyridine rings is 1. The van der Waals surface area contributed by atoms with Crippen LogP contribution in [0.3, 0.4) is 0 Å². The van der Waals surface area contributed by atoms with Gasteiger partial charge in [0.05, 0.1) is 11.7 Å². The van der Waals surface area contributed by atoms with Crippen molar-refractivity contribution in [1.29, 1.82) is 0 Å². The molecule has 0 radical (unpaired) electrons. The zero-order valence-electron chi connectivity index (χ0n) is 7.41. The molecule has 0 saturated heterocycles. The van der Waals surface area contributed by atoms with Gasteiger partial charge in [-0.25, -0.2) is 0 Å². The van der Waals surface area contributed by atoms with Gasteiger partial charge in [0.2, 0.25) is 0 Å². The average molecular weight is 160 g/mol. The van der Waals surface area contributed by atoms with Gasteiger partial charge in [-0.1, -0.05) is 0 Å². The number of nitrogens with zero attached hydrogens (tertiary/aromatic N) is 2. The van der Waals surface area contributed by atoms with Crippen LogP contribution in [0.2, 0.25) is 0 Å². The highest BCUT2D eigenvalue weighted by Crippen LogP contribution is 2.18. The maximum absolute atomic E-state index is 4.11. The van der Waals surface area contributed by atoms with Gasteiger partial charge in [0.25, 0.3) is 0 Å². The van der Waals surface area contributed by atoms with Crippen molar-refractivity contribution < 1.29 is 0 Å². The topological polar surface area (TPSA) is 17.8 Å². The van der Waals surface area contributed by atoms with Gasteiger partial charge < -0.3 is 4.57 Å². The number of aromatic nitrogens is 2. The maximum atomic E-state index is 4.11. The molecule has 0 N–H and O–H groups in total. The molecule has 2 aromatic rings. The molecular weight excluding hydrogens is 148 g/mol. The minimum absolute atomic E-state index is 1.01. The molecule has 0 spiro atoms. The zero-order chi connectivity index (χ0) is 8.55. The van der Waals surface area contributed by atoms with Crippen molar-refractivity contribution in [3.8, 4) is 0 Å². The van der Waals surface area contributed by atoms with Crippen LogP contribution in [0, 0.1) is 6.92 Å². The third kappa shape index (κ3) is 0.916. The summed E-state index contributed by atoms with van der Waals surface area (Å²) in [6.07, 6.45) is 5.94. The van der Waals surface area contributed by atoms with Crippen LogP contribution in [-0.4, -0.2) is 9.55 Å². The second kappa shape index (κ2) is 2.63. The number of hydrogen-bond acceptors (Lipinski definition) is 1. The van der Waals surface area contributed by atoms with Gasteiger partial charge >= 0.3 is 0 Å². The number of hydrogen-bond donors (Lipinski definition) is 0. The van der Waals surface area contributed by atoms with E-state index in [-0.39, 0.29) is 0 Å². The van der Waals surface area contributed by atoms with Crippen LogP contribution in [0.15, 0.2) is 24.7 Å². The highest BCUT2D eigenvalue weighted by molar-refractivity contribution is 5.82. The lowest BCUT2D eigenvalue weighted by Gasteiger charge is -1.97. The predicted octanol–water partition coefficient (Wildman–Crippen LogP) is 2.36. The Morgan fingerprint density at radius 3 is 3.08 bits per heavy atom. The van der Waals surface area contributed by atoms with E-state index in [0.29, 0.717) is 0 Å². The summed E-state index contributed by atoms with van der Waals surface area (Å²) in [5.74, 6) is 0. The third-order valence-corrected chi connectivity index (χ3v) is 2.22. The second-order valence-corrected chi connectivity index (χ2v) is 2.99. The first-order valence-corrected chi connectivity index (χ1v) is 4.22. The third-order valence-electron chi connectivity index (χ3n) is 2.22. The molecule has 2 aromatic heterocycles. The summed E-state index contributed by atoms with van der Waals surface area (Å²) in [4.78, 5) is 4.11. The summed E-state index contributed by atoms with van der Waals surface area (Å²) in [5.41, 5.74) is 2.56. The Morgan fingerprint density at radius 2 is 2.33 bits per heavy atom. The monoisotopic (exact) mass is 160 g/mol. The minimum Gasteiger partial charge on any atom is -0.346 e. The molecule has 0 amide bonds. The molecule has 2 rings (SSSR count). The summed E-state index contributed by atoms with van der Waals surface area (Å²) in [5, 5.41) is 1.31. The Hall–Kier alpha value is -1.31. The fourth-order valence-corrected chi connectivity index (χ4v) is 1.58. The summed E-state index contributed by atoms with van der Waals surface area (Å²) < 4.78 is 2.22. The fourth-order valence-electron chi connectivity index (χ4n) is 1.58. The van der Waals surface area contributed by atoms with Gasteiger partial charge in [-0.3, -0.25) is 4.98 Å². The summed E-state index contributed by atoms with van der Waals surface area (Å²) >= 11 is 0. The van der Waals surface area contributed by atoms with E-state index in [1.807, 2.05) is 12.4 Å². The molecule has 0 atom stereocenters. The minimum atomic E-state index is 1.01. The average Bonchev–Trinajstić information content (AvgIpc) is 2.44. The molecule has 0 aliphatic carbocycles. The van der Waals surface area contributed by atoms with Gasteiger partial charge in [-0.05, 0) is 25.5 Å². The van der Waals surface area contributed by atoms with Crippen LogP contribution in [0.1, 0.15) is 12.5 Å². The molecule has 0 fully saturated rings. The first-order valence-electron chi connectivity index (χ1n) is 4.22. The first-order chi connectivity index (χ1) is 5.83. The van der Waals surface area contributed by atoms with Crippen molar-refractivity contribution in [2.45, 2.75) is 20.4 Å². The molecule has 0 aliphatic heterocycles. The maximum Gasteiger partial charge on any atom is 0.0669 e. The normalized spacial score (nSPS) is 10.8. The Morgan fingerprint density at radius 1 is 1.50 bits per heavy atom. The molecular formula is C10H12N2. The van der Waals surface area contributed by atoms with E-state index in [1.54, 1.807) is 0 Å².